The van der Waals surface area contributed by atoms with Crippen LogP contribution in [0.3, 0.4) is 0 Å². The number of esters is 2. The molecule has 1 N–H and O–H groups in total. The van der Waals surface area contributed by atoms with Crippen molar-refractivity contribution in [2.45, 2.75) is 19.8 Å². The van der Waals surface area contributed by atoms with Crippen LogP contribution in [0.1, 0.15) is 40.5 Å². The second-order valence-electron chi connectivity index (χ2n) is 8.49. The van der Waals surface area contributed by atoms with Gasteiger partial charge in [0.1, 0.15) is 10.7 Å². The van der Waals surface area contributed by atoms with E-state index in [4.69, 9.17) is 21.1 Å². The summed E-state index contributed by atoms with van der Waals surface area (Å²) in [5, 5.41) is 13.6. The van der Waals surface area contributed by atoms with E-state index in [1.165, 1.54) is 72.8 Å². The average Bonchev–Trinajstić information content (AvgIpc) is 3.16. The molecule has 0 bridgehead atoms. The van der Waals surface area contributed by atoms with E-state index in [1.807, 2.05) is 6.92 Å². The summed E-state index contributed by atoms with van der Waals surface area (Å²) < 4.78 is 10.3. The zero-order chi connectivity index (χ0) is 28.8. The van der Waals surface area contributed by atoms with E-state index in [0.29, 0.717) is 12.3 Å². The molecule has 1 aliphatic rings. The SMILES string of the molecule is CCCCOC(=O)c1ccc(N2C(=O)C(Cl)=C(Nc3ccc(C(=O)Oc4ccccc4[N+](=O)[O-])cc3)C2=O)cc1. The van der Waals surface area contributed by atoms with Gasteiger partial charge in [0.25, 0.3) is 11.8 Å². The first kappa shape index (κ1) is 28.0. The highest BCUT2D eigenvalue weighted by atomic mass is 35.5. The first-order valence-electron chi connectivity index (χ1n) is 12.1. The summed E-state index contributed by atoms with van der Waals surface area (Å²) in [6.45, 7) is 2.27. The molecule has 1 aliphatic heterocycles. The second-order valence-corrected chi connectivity index (χ2v) is 8.87. The number of amides is 2. The third kappa shape index (κ3) is 6.00. The topological polar surface area (TPSA) is 145 Å². The summed E-state index contributed by atoms with van der Waals surface area (Å²) >= 11 is 6.18. The Hall–Kier alpha value is -5.03. The molecular formula is C28H22ClN3O8. The summed E-state index contributed by atoms with van der Waals surface area (Å²) in [4.78, 5) is 61.8. The third-order valence-corrected chi connectivity index (χ3v) is 6.12. The van der Waals surface area contributed by atoms with Crippen molar-refractivity contribution in [2.24, 2.45) is 0 Å². The van der Waals surface area contributed by atoms with E-state index in [2.05, 4.69) is 5.32 Å². The Morgan fingerprint density at radius 1 is 0.925 bits per heavy atom. The van der Waals surface area contributed by atoms with Gasteiger partial charge in [0.05, 0.1) is 28.3 Å². The molecular weight excluding hydrogens is 542 g/mol. The van der Waals surface area contributed by atoms with Gasteiger partial charge in [-0.15, -0.1) is 0 Å². The Balaban J connectivity index is 1.43. The van der Waals surface area contributed by atoms with Crippen molar-refractivity contribution in [1.82, 2.24) is 0 Å². The monoisotopic (exact) mass is 563 g/mol. The van der Waals surface area contributed by atoms with E-state index >= 15 is 0 Å². The standard InChI is InChI=1S/C28H22ClN3O8/c1-2-3-16-39-27(35)17-10-14-20(15-11-17)31-25(33)23(29)24(26(31)34)30-19-12-8-18(9-13-19)28(36)40-22-7-5-4-6-21(22)32(37)38/h4-15,30H,2-3,16H2,1H3. The highest BCUT2D eigenvalue weighted by molar-refractivity contribution is 6.53. The van der Waals surface area contributed by atoms with E-state index in [-0.39, 0.29) is 39.0 Å². The molecule has 1 heterocycles. The Morgan fingerprint density at radius 3 is 2.20 bits per heavy atom. The molecule has 2 amide bonds. The Bertz CT molecular complexity index is 1520. The van der Waals surface area contributed by atoms with E-state index in [1.54, 1.807) is 0 Å². The van der Waals surface area contributed by atoms with Crippen LogP contribution in [0.2, 0.25) is 0 Å². The number of nitro groups is 1. The second kappa shape index (κ2) is 12.2. The number of rotatable bonds is 10. The molecule has 40 heavy (non-hydrogen) atoms. The fourth-order valence-corrected chi connectivity index (χ4v) is 3.88. The van der Waals surface area contributed by atoms with Crippen molar-refractivity contribution >= 4 is 52.4 Å². The molecule has 0 saturated carbocycles. The molecule has 11 nitrogen and oxygen atoms in total. The van der Waals surface area contributed by atoms with Gasteiger partial charge in [0, 0.05) is 11.8 Å². The number of hydrogen-bond donors (Lipinski definition) is 1. The van der Waals surface area contributed by atoms with Crippen LogP contribution >= 0.6 is 11.6 Å². The average molecular weight is 564 g/mol. The maximum Gasteiger partial charge on any atom is 0.343 e. The summed E-state index contributed by atoms with van der Waals surface area (Å²) in [7, 11) is 0. The number of carbonyl (C=O) groups excluding carboxylic acids is 4. The van der Waals surface area contributed by atoms with Crippen molar-refractivity contribution in [3.63, 3.8) is 0 Å². The molecule has 0 radical (unpaired) electrons. The van der Waals surface area contributed by atoms with Crippen LogP contribution in [0.5, 0.6) is 5.75 Å². The molecule has 0 spiro atoms. The fraction of sp³-hybridized carbons (Fsp3) is 0.143. The summed E-state index contributed by atoms with van der Waals surface area (Å²) in [6.07, 6.45) is 1.62. The lowest BCUT2D eigenvalue weighted by Crippen LogP contribution is -2.32. The number of carbonyl (C=O) groups is 4. The molecule has 0 saturated heterocycles. The van der Waals surface area contributed by atoms with Gasteiger partial charge in [0.15, 0.2) is 0 Å². The lowest BCUT2D eigenvalue weighted by molar-refractivity contribution is -0.385. The summed E-state index contributed by atoms with van der Waals surface area (Å²) in [5.74, 6) is -3.00. The Labute approximate surface area is 233 Å². The number of para-hydroxylation sites is 2. The highest BCUT2D eigenvalue weighted by Crippen LogP contribution is 2.31. The van der Waals surface area contributed by atoms with Crippen LogP contribution in [0.15, 0.2) is 83.5 Å². The van der Waals surface area contributed by atoms with E-state index in [9.17, 15) is 29.3 Å². The van der Waals surface area contributed by atoms with Gasteiger partial charge in [-0.2, -0.15) is 0 Å². The van der Waals surface area contributed by atoms with Crippen molar-refractivity contribution in [1.29, 1.82) is 0 Å². The number of unbranched alkanes of at least 4 members (excludes halogenated alkanes) is 1. The van der Waals surface area contributed by atoms with E-state index in [0.717, 1.165) is 17.7 Å². The Morgan fingerprint density at radius 2 is 1.55 bits per heavy atom. The number of anilines is 2. The van der Waals surface area contributed by atoms with Gasteiger partial charge >= 0.3 is 17.6 Å². The number of hydrogen-bond acceptors (Lipinski definition) is 9. The van der Waals surface area contributed by atoms with Crippen LogP contribution in [0.4, 0.5) is 17.1 Å². The molecule has 0 aliphatic carbocycles. The van der Waals surface area contributed by atoms with Gasteiger partial charge in [-0.1, -0.05) is 37.1 Å². The minimum absolute atomic E-state index is 0.0903. The first-order chi connectivity index (χ1) is 19.2. The maximum absolute atomic E-state index is 13.1. The van der Waals surface area contributed by atoms with Gasteiger partial charge in [-0.25, -0.2) is 14.5 Å². The molecule has 3 aromatic rings. The fourth-order valence-electron chi connectivity index (χ4n) is 3.67. The van der Waals surface area contributed by atoms with Gasteiger partial charge < -0.3 is 14.8 Å². The largest absolute Gasteiger partial charge is 0.462 e. The summed E-state index contributed by atoms with van der Waals surface area (Å²) in [5.41, 5.74) is 0.382. The normalized spacial score (nSPS) is 12.9. The first-order valence-corrected chi connectivity index (χ1v) is 12.5. The van der Waals surface area contributed by atoms with Crippen LogP contribution in [0.25, 0.3) is 0 Å². The highest BCUT2D eigenvalue weighted by Gasteiger charge is 2.39. The number of nitro benzene ring substituents is 1. The van der Waals surface area contributed by atoms with Gasteiger partial charge in [-0.05, 0) is 61.0 Å². The molecule has 204 valence electrons. The molecule has 0 atom stereocenters. The molecule has 0 unspecified atom stereocenters. The number of imide groups is 1. The predicted molar refractivity (Wildman–Crippen MR) is 145 cm³/mol. The van der Waals surface area contributed by atoms with Crippen LogP contribution < -0.4 is 15.0 Å². The smallest absolute Gasteiger partial charge is 0.343 e. The third-order valence-electron chi connectivity index (χ3n) is 5.77. The zero-order valence-corrected chi connectivity index (χ0v) is 21.8. The van der Waals surface area contributed by atoms with Crippen molar-refractivity contribution in [2.75, 3.05) is 16.8 Å². The number of halogens is 1. The lowest BCUT2D eigenvalue weighted by Gasteiger charge is -2.15. The predicted octanol–water partition coefficient (Wildman–Crippen LogP) is 5.21. The molecule has 3 aromatic carbocycles. The maximum atomic E-state index is 13.1. The number of ether oxygens (including phenoxy) is 2. The van der Waals surface area contributed by atoms with Crippen LogP contribution in [-0.2, 0) is 14.3 Å². The quantitative estimate of drug-likeness (QED) is 0.0877. The molecule has 12 heteroatoms. The minimum atomic E-state index is -0.825. The lowest BCUT2D eigenvalue weighted by atomic mass is 10.2. The van der Waals surface area contributed by atoms with Gasteiger partial charge in [-0.3, -0.25) is 19.7 Å². The number of nitrogens with one attached hydrogen (secondary N) is 1. The summed E-state index contributed by atoms with van der Waals surface area (Å²) in [6, 6.07) is 16.9. The van der Waals surface area contributed by atoms with Crippen molar-refractivity contribution in [3.8, 4) is 5.75 Å². The van der Waals surface area contributed by atoms with Crippen molar-refractivity contribution in [3.05, 3.63) is 105 Å². The van der Waals surface area contributed by atoms with Crippen LogP contribution in [-0.4, -0.2) is 35.3 Å². The van der Waals surface area contributed by atoms with Crippen molar-refractivity contribution < 1.29 is 33.6 Å². The Kier molecular flexibility index (Phi) is 8.55. The minimum Gasteiger partial charge on any atom is -0.462 e. The molecule has 0 aromatic heterocycles. The zero-order valence-electron chi connectivity index (χ0n) is 21.1. The van der Waals surface area contributed by atoms with E-state index < -0.39 is 28.7 Å². The number of nitrogens with zero attached hydrogens (tertiary/aromatic N) is 2. The number of benzene rings is 3. The molecule has 0 fully saturated rings. The van der Waals surface area contributed by atoms with Crippen LogP contribution in [0, 0.1) is 10.1 Å². The van der Waals surface area contributed by atoms with Gasteiger partial charge in [0.2, 0.25) is 5.75 Å². The molecule has 4 rings (SSSR count).